The van der Waals surface area contributed by atoms with Crippen molar-refractivity contribution in [1.29, 1.82) is 0 Å². The monoisotopic (exact) mass is 365 g/mol. The fraction of sp³-hybridized carbons (Fsp3) is 0.0769. The summed E-state index contributed by atoms with van der Waals surface area (Å²) in [5, 5.41) is 4.03. The number of ether oxygens (including phenoxy) is 1. The maximum Gasteiger partial charge on any atom is 0.358 e. The number of nitrogens with one attached hydrogen (secondary N) is 1. The highest BCUT2D eigenvalue weighted by molar-refractivity contribution is 7.94. The smallest absolute Gasteiger partial charge is 0.358 e. The Hall–Kier alpha value is -2.79. The second kappa shape index (κ2) is 6.37. The Bertz CT molecular complexity index is 966. The zero-order chi connectivity index (χ0) is 17.2. The highest BCUT2D eigenvalue weighted by atomic mass is 32.2. The van der Waals surface area contributed by atoms with Crippen LogP contribution in [-0.4, -0.2) is 41.2 Å². The third-order valence-corrected chi connectivity index (χ3v) is 5.65. The summed E-state index contributed by atoms with van der Waals surface area (Å²) in [5.41, 5.74) is 1.21. The Kier molecular flexibility index (Phi) is 4.27. The van der Waals surface area contributed by atoms with Crippen molar-refractivity contribution in [3.8, 4) is 5.82 Å². The fourth-order valence-electron chi connectivity index (χ4n) is 1.90. The number of hydrogen-bond acceptors (Lipinski definition) is 8. The maximum absolute atomic E-state index is 12.6. The molecule has 0 saturated carbocycles. The lowest BCUT2D eigenvalue weighted by Crippen LogP contribution is -2.17. The van der Waals surface area contributed by atoms with E-state index in [-0.39, 0.29) is 15.6 Å². The van der Waals surface area contributed by atoms with Crippen LogP contribution in [0.1, 0.15) is 10.5 Å². The van der Waals surface area contributed by atoms with E-state index in [2.05, 4.69) is 24.5 Å². The summed E-state index contributed by atoms with van der Waals surface area (Å²) in [6.45, 7) is 0. The average molecular weight is 365 g/mol. The van der Waals surface area contributed by atoms with Crippen LogP contribution in [0.2, 0.25) is 0 Å². The van der Waals surface area contributed by atoms with Crippen LogP contribution in [0.5, 0.6) is 0 Å². The molecule has 0 aliphatic carbocycles. The molecule has 0 spiro atoms. The molecule has 3 aromatic rings. The zero-order valence-corrected chi connectivity index (χ0v) is 13.9. The number of pyridine rings is 1. The van der Waals surface area contributed by atoms with Gasteiger partial charge in [0.1, 0.15) is 0 Å². The van der Waals surface area contributed by atoms with Crippen LogP contribution in [-0.2, 0) is 14.8 Å². The SMILES string of the molecule is COC(=O)c1ncsc1S(=O)(=O)Nc1cccnc1-n1cccn1. The van der Waals surface area contributed by atoms with Crippen molar-refractivity contribution in [2.45, 2.75) is 4.21 Å². The Morgan fingerprint density at radius 2 is 2.12 bits per heavy atom. The van der Waals surface area contributed by atoms with Crippen molar-refractivity contribution in [3.05, 3.63) is 48.0 Å². The van der Waals surface area contributed by atoms with Crippen molar-refractivity contribution in [2.75, 3.05) is 11.8 Å². The molecule has 0 aliphatic heterocycles. The number of esters is 1. The molecule has 124 valence electrons. The summed E-state index contributed by atoms with van der Waals surface area (Å²) >= 11 is 0.818. The second-order valence-corrected chi connectivity index (χ2v) is 7.14. The summed E-state index contributed by atoms with van der Waals surface area (Å²) in [4.78, 5) is 19.5. The molecule has 9 nitrogen and oxygen atoms in total. The molecule has 0 aliphatic rings. The summed E-state index contributed by atoms with van der Waals surface area (Å²) < 4.78 is 33.4. The van der Waals surface area contributed by atoms with Gasteiger partial charge in [0.05, 0.1) is 18.3 Å². The minimum Gasteiger partial charge on any atom is -0.464 e. The molecule has 11 heteroatoms. The molecule has 3 aromatic heterocycles. The van der Waals surface area contributed by atoms with E-state index in [0.29, 0.717) is 5.82 Å². The van der Waals surface area contributed by atoms with Crippen LogP contribution < -0.4 is 4.72 Å². The molecule has 24 heavy (non-hydrogen) atoms. The van der Waals surface area contributed by atoms with Gasteiger partial charge in [0.25, 0.3) is 10.0 Å². The van der Waals surface area contributed by atoms with E-state index in [1.165, 1.54) is 16.4 Å². The summed E-state index contributed by atoms with van der Waals surface area (Å²) in [6.07, 6.45) is 4.69. The van der Waals surface area contributed by atoms with Gasteiger partial charge in [-0.1, -0.05) is 0 Å². The van der Waals surface area contributed by atoms with Gasteiger partial charge < -0.3 is 4.74 Å². The first-order chi connectivity index (χ1) is 11.5. The normalized spacial score (nSPS) is 11.2. The number of sulfonamides is 1. The zero-order valence-electron chi connectivity index (χ0n) is 12.3. The van der Waals surface area contributed by atoms with Crippen LogP contribution in [0.3, 0.4) is 0 Å². The van der Waals surface area contributed by atoms with E-state index in [1.807, 2.05) is 0 Å². The van der Waals surface area contributed by atoms with E-state index in [4.69, 9.17) is 0 Å². The number of aromatic nitrogens is 4. The molecule has 3 heterocycles. The van der Waals surface area contributed by atoms with Gasteiger partial charge in [0, 0.05) is 18.6 Å². The molecule has 0 amide bonds. The van der Waals surface area contributed by atoms with Gasteiger partial charge in [-0.2, -0.15) is 5.10 Å². The van der Waals surface area contributed by atoms with Crippen molar-refractivity contribution >= 4 is 33.0 Å². The van der Waals surface area contributed by atoms with Crippen LogP contribution in [0, 0.1) is 0 Å². The van der Waals surface area contributed by atoms with Gasteiger partial charge >= 0.3 is 5.97 Å². The highest BCUT2D eigenvalue weighted by Gasteiger charge is 2.27. The minimum atomic E-state index is -4.05. The fourth-order valence-corrected chi connectivity index (χ4v) is 4.10. The number of nitrogens with zero attached hydrogens (tertiary/aromatic N) is 4. The molecule has 0 fully saturated rings. The molecule has 0 atom stereocenters. The highest BCUT2D eigenvalue weighted by Crippen LogP contribution is 2.25. The number of thiazole rings is 1. The number of carbonyl (C=O) groups is 1. The van der Waals surface area contributed by atoms with Crippen molar-refractivity contribution in [2.24, 2.45) is 0 Å². The minimum absolute atomic E-state index is 0.213. The predicted molar refractivity (Wildman–Crippen MR) is 85.6 cm³/mol. The first-order valence-corrected chi connectivity index (χ1v) is 8.89. The third-order valence-electron chi connectivity index (χ3n) is 2.91. The summed E-state index contributed by atoms with van der Waals surface area (Å²) in [5.74, 6) is -0.523. The van der Waals surface area contributed by atoms with Gasteiger partial charge in [0.2, 0.25) is 0 Å². The Balaban J connectivity index is 2.00. The Morgan fingerprint density at radius 1 is 1.29 bits per heavy atom. The Morgan fingerprint density at radius 3 is 2.83 bits per heavy atom. The topological polar surface area (TPSA) is 116 Å². The van der Waals surface area contributed by atoms with Gasteiger partial charge in [0.15, 0.2) is 15.7 Å². The summed E-state index contributed by atoms with van der Waals surface area (Å²) in [6, 6.07) is 4.81. The first-order valence-electron chi connectivity index (χ1n) is 6.52. The van der Waals surface area contributed by atoms with Crippen molar-refractivity contribution in [3.63, 3.8) is 0 Å². The average Bonchev–Trinajstić information content (AvgIpc) is 3.26. The van der Waals surface area contributed by atoms with Gasteiger partial charge in [-0.25, -0.2) is 27.9 Å². The molecule has 0 aromatic carbocycles. The van der Waals surface area contributed by atoms with Crippen molar-refractivity contribution in [1.82, 2.24) is 19.7 Å². The number of methoxy groups -OCH3 is 1. The molecule has 3 rings (SSSR count). The van der Waals surface area contributed by atoms with E-state index in [0.717, 1.165) is 18.4 Å². The predicted octanol–water partition coefficient (Wildman–Crippen LogP) is 1.31. The van der Waals surface area contributed by atoms with E-state index in [1.54, 1.807) is 30.6 Å². The van der Waals surface area contributed by atoms with Crippen LogP contribution in [0.15, 0.2) is 46.5 Å². The molecular weight excluding hydrogens is 354 g/mol. The largest absolute Gasteiger partial charge is 0.464 e. The van der Waals surface area contributed by atoms with Crippen molar-refractivity contribution < 1.29 is 17.9 Å². The lowest BCUT2D eigenvalue weighted by molar-refractivity contribution is 0.0590. The summed E-state index contributed by atoms with van der Waals surface area (Å²) in [7, 11) is -2.89. The molecular formula is C13H11N5O4S2. The second-order valence-electron chi connectivity index (χ2n) is 4.41. The standard InChI is InChI=1S/C13H11N5O4S2/c1-22-12(19)10-13(23-8-15-10)24(20,21)17-9-4-2-5-14-11(9)18-7-3-6-16-18/h2-8,17H,1H3. The van der Waals surface area contributed by atoms with Gasteiger partial charge in [-0.15, -0.1) is 11.3 Å². The lowest BCUT2D eigenvalue weighted by Gasteiger charge is -2.11. The molecule has 0 radical (unpaired) electrons. The van der Waals surface area contributed by atoms with E-state index < -0.39 is 16.0 Å². The quantitative estimate of drug-likeness (QED) is 0.678. The molecule has 0 bridgehead atoms. The van der Waals surface area contributed by atoms with Gasteiger partial charge in [-0.05, 0) is 18.2 Å². The number of hydrogen-bond donors (Lipinski definition) is 1. The van der Waals surface area contributed by atoms with Gasteiger partial charge in [-0.3, -0.25) is 4.72 Å². The molecule has 1 N–H and O–H groups in total. The van der Waals surface area contributed by atoms with Crippen LogP contribution in [0.25, 0.3) is 5.82 Å². The third kappa shape index (κ3) is 2.98. The number of carbonyl (C=O) groups excluding carboxylic acids is 1. The maximum atomic E-state index is 12.6. The van der Waals surface area contributed by atoms with Crippen LogP contribution >= 0.6 is 11.3 Å². The molecule has 0 saturated heterocycles. The number of anilines is 1. The van der Waals surface area contributed by atoms with Crippen LogP contribution in [0.4, 0.5) is 5.69 Å². The Labute approximate surface area is 141 Å². The first kappa shape index (κ1) is 16.1. The van der Waals surface area contributed by atoms with E-state index >= 15 is 0 Å². The van der Waals surface area contributed by atoms with E-state index in [9.17, 15) is 13.2 Å². The number of rotatable bonds is 5. The molecule has 0 unspecified atom stereocenters. The lowest BCUT2D eigenvalue weighted by atomic mass is 10.4.